The normalized spacial score (nSPS) is 11.9. The van der Waals surface area contributed by atoms with Crippen LogP contribution in [-0.4, -0.2) is 40.5 Å². The van der Waals surface area contributed by atoms with Crippen LogP contribution in [0.2, 0.25) is 0 Å². The van der Waals surface area contributed by atoms with Gasteiger partial charge in [0.05, 0.1) is 11.0 Å². The van der Waals surface area contributed by atoms with Crippen molar-refractivity contribution in [3.63, 3.8) is 0 Å². The molecule has 0 saturated heterocycles. The molecule has 0 heterocycles. The highest BCUT2D eigenvalue weighted by Gasteiger charge is 2.16. The Morgan fingerprint density at radius 1 is 1.59 bits per heavy atom. The van der Waals surface area contributed by atoms with Gasteiger partial charge in [-0.05, 0) is 13.0 Å². The van der Waals surface area contributed by atoms with E-state index in [1.165, 1.54) is 36.2 Å². The topological polar surface area (TPSA) is 83.7 Å². The van der Waals surface area contributed by atoms with Crippen LogP contribution in [0.15, 0.2) is 24.3 Å². The van der Waals surface area contributed by atoms with Gasteiger partial charge in [0.25, 0.3) is 11.6 Å². The molecule has 1 atom stereocenters. The van der Waals surface area contributed by atoms with Crippen LogP contribution in [0.4, 0.5) is 5.69 Å². The largest absolute Gasteiger partial charge is 0.392 e. The van der Waals surface area contributed by atoms with Gasteiger partial charge in [0.2, 0.25) is 0 Å². The number of nitro groups is 1. The second kappa shape index (κ2) is 5.40. The van der Waals surface area contributed by atoms with Crippen LogP contribution >= 0.6 is 0 Å². The van der Waals surface area contributed by atoms with Gasteiger partial charge in [-0.3, -0.25) is 14.9 Å². The third-order valence-electron chi connectivity index (χ3n) is 2.19. The van der Waals surface area contributed by atoms with Gasteiger partial charge in [-0.2, -0.15) is 0 Å². The monoisotopic (exact) mass is 238 g/mol. The molecule has 0 fully saturated rings. The van der Waals surface area contributed by atoms with Crippen LogP contribution in [0.3, 0.4) is 0 Å². The van der Waals surface area contributed by atoms with Gasteiger partial charge in [0, 0.05) is 31.3 Å². The maximum Gasteiger partial charge on any atom is 0.270 e. The van der Waals surface area contributed by atoms with Crippen LogP contribution in [-0.2, 0) is 0 Å². The molecule has 6 nitrogen and oxygen atoms in total. The number of likely N-dealkylation sites (N-methyl/N-ethyl adjacent to an activating group) is 1. The minimum Gasteiger partial charge on any atom is -0.392 e. The first-order chi connectivity index (χ1) is 7.91. The van der Waals surface area contributed by atoms with E-state index < -0.39 is 11.0 Å². The van der Waals surface area contributed by atoms with Crippen LogP contribution in [0, 0.1) is 10.1 Å². The fraction of sp³-hybridized carbons (Fsp3) is 0.364. The predicted octanol–water partition coefficient (Wildman–Crippen LogP) is 1.05. The summed E-state index contributed by atoms with van der Waals surface area (Å²) in [4.78, 5) is 23.2. The summed E-state index contributed by atoms with van der Waals surface area (Å²) in [6, 6.07) is 5.52. The number of benzene rings is 1. The number of aliphatic hydroxyl groups is 1. The van der Waals surface area contributed by atoms with Crippen molar-refractivity contribution < 1.29 is 14.8 Å². The third kappa shape index (κ3) is 3.53. The molecule has 1 aromatic rings. The summed E-state index contributed by atoms with van der Waals surface area (Å²) >= 11 is 0. The molecule has 1 unspecified atom stereocenters. The fourth-order valence-electron chi connectivity index (χ4n) is 1.45. The first-order valence-electron chi connectivity index (χ1n) is 5.10. The number of amides is 1. The lowest BCUT2D eigenvalue weighted by Gasteiger charge is -2.18. The maximum atomic E-state index is 11.8. The lowest BCUT2D eigenvalue weighted by Crippen LogP contribution is -2.33. The lowest BCUT2D eigenvalue weighted by atomic mass is 10.1. The summed E-state index contributed by atoms with van der Waals surface area (Å²) in [5.41, 5.74) is 0.114. The van der Waals surface area contributed by atoms with Gasteiger partial charge in [0.1, 0.15) is 0 Å². The van der Waals surface area contributed by atoms with Crippen molar-refractivity contribution in [3.8, 4) is 0 Å². The Morgan fingerprint density at radius 3 is 2.76 bits per heavy atom. The lowest BCUT2D eigenvalue weighted by molar-refractivity contribution is -0.384. The summed E-state index contributed by atoms with van der Waals surface area (Å²) in [5, 5.41) is 19.7. The highest BCUT2D eigenvalue weighted by atomic mass is 16.6. The molecule has 0 spiro atoms. The molecule has 0 aliphatic rings. The molecule has 1 amide bonds. The highest BCUT2D eigenvalue weighted by molar-refractivity contribution is 5.94. The molecule has 1 N–H and O–H groups in total. The van der Waals surface area contributed by atoms with Crippen molar-refractivity contribution >= 4 is 11.6 Å². The van der Waals surface area contributed by atoms with E-state index in [4.69, 9.17) is 5.11 Å². The van der Waals surface area contributed by atoms with Gasteiger partial charge in [-0.25, -0.2) is 0 Å². The fourth-order valence-corrected chi connectivity index (χ4v) is 1.45. The molecule has 0 aromatic heterocycles. The number of hydrogen-bond acceptors (Lipinski definition) is 4. The second-order valence-corrected chi connectivity index (χ2v) is 3.84. The smallest absolute Gasteiger partial charge is 0.270 e. The second-order valence-electron chi connectivity index (χ2n) is 3.84. The first kappa shape index (κ1) is 13.1. The van der Waals surface area contributed by atoms with E-state index in [0.717, 1.165) is 0 Å². The van der Waals surface area contributed by atoms with Gasteiger partial charge in [-0.15, -0.1) is 0 Å². The van der Waals surface area contributed by atoms with E-state index in [1.807, 2.05) is 0 Å². The van der Waals surface area contributed by atoms with E-state index in [2.05, 4.69) is 0 Å². The van der Waals surface area contributed by atoms with Crippen LogP contribution in [0.25, 0.3) is 0 Å². The van der Waals surface area contributed by atoms with Crippen molar-refractivity contribution in [1.82, 2.24) is 4.90 Å². The Morgan fingerprint density at radius 2 is 2.24 bits per heavy atom. The molecule has 0 aliphatic heterocycles. The van der Waals surface area contributed by atoms with E-state index in [1.54, 1.807) is 6.92 Å². The van der Waals surface area contributed by atoms with Crippen molar-refractivity contribution in [2.24, 2.45) is 0 Å². The maximum absolute atomic E-state index is 11.8. The number of nitro benzene ring substituents is 1. The molecule has 0 aliphatic carbocycles. The average Bonchev–Trinajstić information content (AvgIpc) is 2.27. The molecular formula is C11H14N2O4. The first-order valence-corrected chi connectivity index (χ1v) is 5.10. The van der Waals surface area contributed by atoms with E-state index in [-0.39, 0.29) is 23.7 Å². The van der Waals surface area contributed by atoms with Crippen LogP contribution in [0.1, 0.15) is 17.3 Å². The Kier molecular flexibility index (Phi) is 4.17. The molecule has 1 aromatic carbocycles. The van der Waals surface area contributed by atoms with Gasteiger partial charge in [-0.1, -0.05) is 6.07 Å². The summed E-state index contributed by atoms with van der Waals surface area (Å²) in [6.45, 7) is 1.75. The minimum atomic E-state index is -0.636. The molecule has 6 heteroatoms. The number of aliphatic hydroxyl groups excluding tert-OH is 1. The number of rotatable bonds is 4. The van der Waals surface area contributed by atoms with Crippen LogP contribution in [0.5, 0.6) is 0 Å². The SMILES string of the molecule is CC(O)CN(C)C(=O)c1cccc([N+](=O)[O-])c1. The molecule has 17 heavy (non-hydrogen) atoms. The predicted molar refractivity (Wildman–Crippen MR) is 61.7 cm³/mol. The molecular weight excluding hydrogens is 224 g/mol. The quantitative estimate of drug-likeness (QED) is 0.627. The number of hydrogen-bond donors (Lipinski definition) is 1. The zero-order valence-corrected chi connectivity index (χ0v) is 9.66. The van der Waals surface area contributed by atoms with Gasteiger partial charge in [0.15, 0.2) is 0 Å². The number of nitrogens with zero attached hydrogens (tertiary/aromatic N) is 2. The Hall–Kier alpha value is -1.95. The molecule has 92 valence electrons. The Bertz CT molecular complexity index is 431. The highest BCUT2D eigenvalue weighted by Crippen LogP contribution is 2.14. The summed E-state index contributed by atoms with van der Waals surface area (Å²) in [6.07, 6.45) is -0.636. The van der Waals surface area contributed by atoms with Crippen molar-refractivity contribution in [2.75, 3.05) is 13.6 Å². The van der Waals surface area contributed by atoms with Crippen molar-refractivity contribution in [3.05, 3.63) is 39.9 Å². The van der Waals surface area contributed by atoms with E-state index in [9.17, 15) is 14.9 Å². The molecule has 0 saturated carbocycles. The standard InChI is InChI=1S/C11H14N2O4/c1-8(14)7-12(2)11(15)9-4-3-5-10(6-9)13(16)17/h3-6,8,14H,7H2,1-2H3. The molecule has 1 rings (SSSR count). The number of carbonyl (C=O) groups excluding carboxylic acids is 1. The molecule has 0 bridgehead atoms. The van der Waals surface area contributed by atoms with Gasteiger partial charge >= 0.3 is 0 Å². The Balaban J connectivity index is 2.89. The zero-order chi connectivity index (χ0) is 13.0. The minimum absolute atomic E-state index is 0.124. The third-order valence-corrected chi connectivity index (χ3v) is 2.19. The number of carbonyl (C=O) groups is 1. The van der Waals surface area contributed by atoms with Crippen molar-refractivity contribution in [2.45, 2.75) is 13.0 Å². The summed E-state index contributed by atoms with van der Waals surface area (Å²) < 4.78 is 0. The van der Waals surface area contributed by atoms with Crippen molar-refractivity contribution in [1.29, 1.82) is 0 Å². The summed E-state index contributed by atoms with van der Waals surface area (Å²) in [5.74, 6) is -0.352. The Labute approximate surface area is 98.6 Å². The van der Waals surface area contributed by atoms with E-state index >= 15 is 0 Å². The molecule has 0 radical (unpaired) electrons. The van der Waals surface area contributed by atoms with Crippen LogP contribution < -0.4 is 0 Å². The van der Waals surface area contributed by atoms with Gasteiger partial charge < -0.3 is 10.0 Å². The van der Waals surface area contributed by atoms with E-state index in [0.29, 0.717) is 0 Å². The number of non-ortho nitro benzene ring substituents is 1. The zero-order valence-electron chi connectivity index (χ0n) is 9.66. The summed E-state index contributed by atoms with van der Waals surface area (Å²) in [7, 11) is 1.54. The average molecular weight is 238 g/mol.